The van der Waals surface area contributed by atoms with E-state index in [2.05, 4.69) is 6.92 Å². The van der Waals surface area contributed by atoms with Crippen LogP contribution in [0.4, 0.5) is 0 Å². The first-order chi connectivity index (χ1) is 3.29. The predicted octanol–water partition coefficient (Wildman–Crippen LogP) is 0.500. The average Bonchev–Trinajstić information content (AvgIpc) is 1.87. The second kappa shape index (κ2) is 1.80. The lowest BCUT2D eigenvalue weighted by Crippen LogP contribution is -2.10. The Morgan fingerprint density at radius 3 is 2.57 bits per heavy atom. The normalized spacial score (nSPS) is 34.3. The number of rotatable bonds is 0. The lowest BCUT2D eigenvalue weighted by Gasteiger charge is -2.01. The van der Waals surface area contributed by atoms with E-state index in [4.69, 9.17) is 4.84 Å². The molecule has 0 aromatic carbocycles. The number of nitrogens with zero attached hydrogens (tertiary/aromatic N) is 1. The van der Waals surface area contributed by atoms with Crippen LogP contribution in [-0.4, -0.2) is 25.3 Å². The maximum Gasteiger partial charge on any atom is 0.0723 e. The molecule has 1 rings (SSSR count). The lowest BCUT2D eigenvalue weighted by atomic mass is 10.2. The molecule has 0 radical (unpaired) electrons. The summed E-state index contributed by atoms with van der Waals surface area (Å²) < 4.78 is 0. The largest absolute Gasteiger partial charge is 0.299 e. The van der Waals surface area contributed by atoms with Crippen molar-refractivity contribution >= 4 is 0 Å². The molecule has 7 heavy (non-hydrogen) atoms. The zero-order valence-electron chi connectivity index (χ0n) is 4.85. The molecule has 0 N–H and O–H groups in total. The second-order valence-corrected chi connectivity index (χ2v) is 2.21. The van der Waals surface area contributed by atoms with Crippen LogP contribution < -0.4 is 0 Å². The number of hydrogen-bond donors (Lipinski definition) is 0. The van der Waals surface area contributed by atoms with Crippen molar-refractivity contribution in [3.8, 4) is 0 Å². The molecule has 0 amide bonds. The topological polar surface area (TPSA) is 12.5 Å². The fraction of sp³-hybridized carbons (Fsp3) is 1.00. The molecular weight excluding hydrogens is 90.1 g/mol. The van der Waals surface area contributed by atoms with Gasteiger partial charge in [0, 0.05) is 13.6 Å². The van der Waals surface area contributed by atoms with Gasteiger partial charge in [-0.2, -0.15) is 5.06 Å². The number of hydrogen-bond acceptors (Lipinski definition) is 2. The quantitative estimate of drug-likeness (QED) is 0.440. The zero-order valence-corrected chi connectivity index (χ0v) is 4.85. The van der Waals surface area contributed by atoms with Gasteiger partial charge in [0.1, 0.15) is 0 Å². The highest BCUT2D eigenvalue weighted by Gasteiger charge is 2.14. The Morgan fingerprint density at radius 1 is 1.71 bits per heavy atom. The fourth-order valence-electron chi connectivity index (χ4n) is 0.799. The molecule has 0 saturated carbocycles. The Labute approximate surface area is 44.0 Å². The van der Waals surface area contributed by atoms with Crippen LogP contribution in [0.1, 0.15) is 6.92 Å². The summed E-state index contributed by atoms with van der Waals surface area (Å²) in [5, 5.41) is 1.88. The van der Waals surface area contributed by atoms with Gasteiger partial charge in [0.15, 0.2) is 0 Å². The maximum atomic E-state index is 5.10. The molecule has 1 atom stereocenters. The van der Waals surface area contributed by atoms with Gasteiger partial charge in [0.25, 0.3) is 0 Å². The smallest absolute Gasteiger partial charge is 0.0723 e. The van der Waals surface area contributed by atoms with Crippen molar-refractivity contribution in [1.29, 1.82) is 0 Å². The van der Waals surface area contributed by atoms with Crippen LogP contribution >= 0.6 is 0 Å². The van der Waals surface area contributed by atoms with Crippen LogP contribution in [-0.2, 0) is 4.84 Å². The van der Waals surface area contributed by atoms with Crippen LogP contribution in [0.25, 0.3) is 0 Å². The summed E-state index contributed by atoms with van der Waals surface area (Å²) in [6, 6.07) is 0. The Morgan fingerprint density at radius 2 is 2.43 bits per heavy atom. The van der Waals surface area contributed by atoms with Crippen LogP contribution in [0.5, 0.6) is 0 Å². The van der Waals surface area contributed by atoms with Crippen LogP contribution in [0, 0.1) is 5.92 Å². The van der Waals surface area contributed by atoms with Crippen molar-refractivity contribution < 1.29 is 4.84 Å². The SMILES string of the molecule is CC1CON(C)C1. The molecule has 1 heterocycles. The summed E-state index contributed by atoms with van der Waals surface area (Å²) in [5.41, 5.74) is 0. The van der Waals surface area contributed by atoms with Gasteiger partial charge in [-0.1, -0.05) is 6.92 Å². The van der Waals surface area contributed by atoms with Crippen molar-refractivity contribution in [2.45, 2.75) is 6.92 Å². The van der Waals surface area contributed by atoms with Gasteiger partial charge in [-0.25, -0.2) is 0 Å². The summed E-state index contributed by atoms with van der Waals surface area (Å²) in [5.74, 6) is 0.727. The molecule has 1 fully saturated rings. The summed E-state index contributed by atoms with van der Waals surface area (Å²) in [6.45, 7) is 4.17. The maximum absolute atomic E-state index is 5.10. The highest BCUT2D eigenvalue weighted by Crippen LogP contribution is 2.07. The highest BCUT2D eigenvalue weighted by molar-refractivity contribution is 4.56. The van der Waals surface area contributed by atoms with E-state index in [0.717, 1.165) is 19.1 Å². The van der Waals surface area contributed by atoms with Crippen molar-refractivity contribution in [2.75, 3.05) is 20.2 Å². The number of hydroxylamine groups is 2. The van der Waals surface area contributed by atoms with Gasteiger partial charge in [-0.15, -0.1) is 0 Å². The minimum absolute atomic E-state index is 0.727. The third kappa shape index (κ3) is 1.14. The molecule has 0 spiro atoms. The standard InChI is InChI=1S/C5H11NO/c1-5-3-6(2)7-4-5/h5H,3-4H2,1-2H3. The minimum Gasteiger partial charge on any atom is -0.299 e. The minimum atomic E-state index is 0.727. The van der Waals surface area contributed by atoms with Gasteiger partial charge >= 0.3 is 0 Å². The van der Waals surface area contributed by atoms with Crippen molar-refractivity contribution in [1.82, 2.24) is 5.06 Å². The summed E-state index contributed by atoms with van der Waals surface area (Å²) in [4.78, 5) is 5.10. The fourth-order valence-corrected chi connectivity index (χ4v) is 0.799. The molecule has 0 aromatic rings. The van der Waals surface area contributed by atoms with Gasteiger partial charge in [0.05, 0.1) is 6.61 Å². The Balaban J connectivity index is 2.26. The molecule has 0 bridgehead atoms. The first-order valence-electron chi connectivity index (χ1n) is 2.63. The van der Waals surface area contributed by atoms with Gasteiger partial charge in [-0.3, -0.25) is 4.84 Å². The van der Waals surface area contributed by atoms with E-state index in [-0.39, 0.29) is 0 Å². The molecule has 2 nitrogen and oxygen atoms in total. The van der Waals surface area contributed by atoms with Gasteiger partial charge in [-0.05, 0) is 5.92 Å². The van der Waals surface area contributed by atoms with Crippen molar-refractivity contribution in [3.63, 3.8) is 0 Å². The predicted molar refractivity (Wildman–Crippen MR) is 27.7 cm³/mol. The second-order valence-electron chi connectivity index (χ2n) is 2.21. The van der Waals surface area contributed by atoms with E-state index in [1.807, 2.05) is 12.1 Å². The van der Waals surface area contributed by atoms with E-state index < -0.39 is 0 Å². The first-order valence-corrected chi connectivity index (χ1v) is 2.63. The molecule has 1 unspecified atom stereocenters. The molecule has 2 heteroatoms. The molecular formula is C5H11NO. The molecule has 1 aliphatic rings. The van der Waals surface area contributed by atoms with Crippen molar-refractivity contribution in [2.24, 2.45) is 5.92 Å². The Bertz CT molecular complexity index is 57.1. The zero-order chi connectivity index (χ0) is 5.28. The molecule has 1 saturated heterocycles. The highest BCUT2D eigenvalue weighted by atomic mass is 16.7. The first kappa shape index (κ1) is 5.06. The van der Waals surface area contributed by atoms with Crippen LogP contribution in [0.15, 0.2) is 0 Å². The third-order valence-electron chi connectivity index (χ3n) is 1.15. The van der Waals surface area contributed by atoms with Gasteiger partial charge in [0.2, 0.25) is 0 Å². The van der Waals surface area contributed by atoms with Crippen LogP contribution in [0.2, 0.25) is 0 Å². The molecule has 0 aliphatic carbocycles. The van der Waals surface area contributed by atoms with E-state index in [1.54, 1.807) is 0 Å². The average molecular weight is 101 g/mol. The molecule has 0 aromatic heterocycles. The van der Waals surface area contributed by atoms with Crippen molar-refractivity contribution in [3.05, 3.63) is 0 Å². The van der Waals surface area contributed by atoms with E-state index in [0.29, 0.717) is 0 Å². The summed E-state index contributed by atoms with van der Waals surface area (Å²) in [6.07, 6.45) is 0. The monoisotopic (exact) mass is 101 g/mol. The van der Waals surface area contributed by atoms with E-state index >= 15 is 0 Å². The molecule has 42 valence electrons. The lowest BCUT2D eigenvalue weighted by molar-refractivity contribution is -0.0871. The van der Waals surface area contributed by atoms with Gasteiger partial charge < -0.3 is 0 Å². The van der Waals surface area contributed by atoms with Crippen LogP contribution in [0.3, 0.4) is 0 Å². The third-order valence-corrected chi connectivity index (χ3v) is 1.15. The molecule has 1 aliphatic heterocycles. The van der Waals surface area contributed by atoms with E-state index in [9.17, 15) is 0 Å². The Kier molecular flexibility index (Phi) is 1.30. The van der Waals surface area contributed by atoms with E-state index in [1.165, 1.54) is 0 Å². The summed E-state index contributed by atoms with van der Waals surface area (Å²) in [7, 11) is 1.96. The summed E-state index contributed by atoms with van der Waals surface area (Å²) >= 11 is 0. The Hall–Kier alpha value is -0.0800.